The van der Waals surface area contributed by atoms with Crippen LogP contribution >= 0.6 is 0 Å². The fraction of sp³-hybridized carbons (Fsp3) is 0.333. The third kappa shape index (κ3) is 5.00. The van der Waals surface area contributed by atoms with Gasteiger partial charge in [-0.25, -0.2) is 0 Å². The molecule has 0 saturated heterocycles. The van der Waals surface area contributed by atoms with E-state index in [1.165, 1.54) is 22.9 Å². The topological polar surface area (TPSA) is 94.2 Å². The average molecular weight is 343 g/mol. The van der Waals surface area contributed by atoms with E-state index in [4.69, 9.17) is 0 Å². The molecule has 2 aromatic rings. The number of benzene rings is 1. The fourth-order valence-corrected chi connectivity index (χ4v) is 2.40. The van der Waals surface area contributed by atoms with Gasteiger partial charge >= 0.3 is 0 Å². The van der Waals surface area contributed by atoms with Gasteiger partial charge in [0, 0.05) is 30.8 Å². The highest BCUT2D eigenvalue weighted by Gasteiger charge is 2.08. The molecule has 1 amide bonds. The summed E-state index contributed by atoms with van der Waals surface area (Å²) in [7, 11) is 0. The van der Waals surface area contributed by atoms with E-state index >= 15 is 0 Å². The Morgan fingerprint density at radius 3 is 2.60 bits per heavy atom. The number of carbonyl (C=O) groups is 1. The van der Waals surface area contributed by atoms with Crippen LogP contribution < -0.4 is 10.9 Å². The van der Waals surface area contributed by atoms with Gasteiger partial charge in [-0.1, -0.05) is 6.07 Å². The molecule has 0 fully saturated rings. The van der Waals surface area contributed by atoms with Gasteiger partial charge in [-0.05, 0) is 49.9 Å². The number of nitrogens with zero attached hydrogens (tertiary/aromatic N) is 2. The first-order valence-corrected chi connectivity index (χ1v) is 8.09. The van der Waals surface area contributed by atoms with Crippen molar-refractivity contribution in [2.75, 3.05) is 6.54 Å². The third-order valence-electron chi connectivity index (χ3n) is 4.06. The summed E-state index contributed by atoms with van der Waals surface area (Å²) in [6, 6.07) is 7.95. The van der Waals surface area contributed by atoms with Gasteiger partial charge in [0.15, 0.2) is 0 Å². The molecule has 0 saturated carbocycles. The Hall–Kier alpha value is -2.96. The van der Waals surface area contributed by atoms with Gasteiger partial charge < -0.3 is 9.88 Å². The van der Waals surface area contributed by atoms with Gasteiger partial charge in [-0.2, -0.15) is 0 Å². The molecule has 0 unspecified atom stereocenters. The summed E-state index contributed by atoms with van der Waals surface area (Å²) >= 11 is 0. The fourth-order valence-electron chi connectivity index (χ4n) is 2.40. The Morgan fingerprint density at radius 2 is 1.92 bits per heavy atom. The van der Waals surface area contributed by atoms with Crippen LogP contribution in [-0.2, 0) is 6.54 Å². The summed E-state index contributed by atoms with van der Waals surface area (Å²) in [6.45, 7) is 4.81. The van der Waals surface area contributed by atoms with Crippen molar-refractivity contribution in [1.82, 2.24) is 9.88 Å². The summed E-state index contributed by atoms with van der Waals surface area (Å²) in [5.41, 5.74) is 2.45. The smallest absolute Gasteiger partial charge is 0.285 e. The van der Waals surface area contributed by atoms with E-state index in [1.807, 2.05) is 26.0 Å². The molecule has 2 rings (SSSR count). The molecule has 7 nitrogen and oxygen atoms in total. The number of pyridine rings is 1. The molecular formula is C18H21N3O4. The Balaban J connectivity index is 1.81. The van der Waals surface area contributed by atoms with Crippen LogP contribution in [0, 0.1) is 24.0 Å². The summed E-state index contributed by atoms with van der Waals surface area (Å²) in [5, 5.41) is 13.6. The van der Waals surface area contributed by atoms with E-state index < -0.39 is 4.92 Å². The minimum Gasteiger partial charge on any atom is -0.352 e. The van der Waals surface area contributed by atoms with Crippen molar-refractivity contribution in [1.29, 1.82) is 0 Å². The molecule has 132 valence electrons. The molecule has 0 aliphatic heterocycles. The zero-order chi connectivity index (χ0) is 18.4. The van der Waals surface area contributed by atoms with Gasteiger partial charge in [0.25, 0.3) is 17.2 Å². The Bertz CT molecular complexity index is 842. The first kappa shape index (κ1) is 18.4. The van der Waals surface area contributed by atoms with Gasteiger partial charge in [0.05, 0.1) is 11.1 Å². The van der Waals surface area contributed by atoms with Crippen molar-refractivity contribution in [3.8, 4) is 0 Å². The number of unbranched alkanes of at least 4 members (excludes halogenated alkanes) is 1. The lowest BCUT2D eigenvalue weighted by Gasteiger charge is -2.08. The summed E-state index contributed by atoms with van der Waals surface area (Å²) in [6.07, 6.45) is 2.55. The summed E-state index contributed by atoms with van der Waals surface area (Å²) < 4.78 is 1.32. The highest BCUT2D eigenvalue weighted by atomic mass is 16.6. The van der Waals surface area contributed by atoms with Gasteiger partial charge in [-0.15, -0.1) is 0 Å². The largest absolute Gasteiger partial charge is 0.352 e. The van der Waals surface area contributed by atoms with Crippen LogP contribution in [0.25, 0.3) is 0 Å². The lowest BCUT2D eigenvalue weighted by atomic mass is 10.1. The number of carbonyl (C=O) groups excluding carboxylic acids is 1. The second-order valence-corrected chi connectivity index (χ2v) is 5.94. The van der Waals surface area contributed by atoms with E-state index in [2.05, 4.69) is 5.32 Å². The van der Waals surface area contributed by atoms with Crippen molar-refractivity contribution in [3.05, 3.63) is 73.7 Å². The molecule has 1 heterocycles. The van der Waals surface area contributed by atoms with E-state index in [9.17, 15) is 19.7 Å². The number of rotatable bonds is 7. The predicted molar refractivity (Wildman–Crippen MR) is 94.8 cm³/mol. The third-order valence-corrected chi connectivity index (χ3v) is 4.06. The number of nitro groups is 1. The highest BCUT2D eigenvalue weighted by Crippen LogP contribution is 2.10. The Morgan fingerprint density at radius 1 is 1.16 bits per heavy atom. The molecule has 0 atom stereocenters. The van der Waals surface area contributed by atoms with Gasteiger partial charge in [0.2, 0.25) is 0 Å². The van der Waals surface area contributed by atoms with Crippen molar-refractivity contribution in [2.24, 2.45) is 0 Å². The van der Waals surface area contributed by atoms with Gasteiger partial charge in [-0.3, -0.25) is 19.7 Å². The quantitative estimate of drug-likeness (QED) is 0.475. The van der Waals surface area contributed by atoms with Crippen molar-refractivity contribution in [2.45, 2.75) is 33.2 Å². The highest BCUT2D eigenvalue weighted by molar-refractivity contribution is 5.94. The molecule has 25 heavy (non-hydrogen) atoms. The van der Waals surface area contributed by atoms with E-state index in [0.29, 0.717) is 31.5 Å². The molecule has 0 aliphatic carbocycles. The summed E-state index contributed by atoms with van der Waals surface area (Å²) in [4.78, 5) is 34.0. The number of aryl methyl sites for hydroxylation is 3. The van der Waals surface area contributed by atoms with Crippen LogP contribution in [0.4, 0.5) is 5.69 Å². The second kappa shape index (κ2) is 8.23. The normalized spacial score (nSPS) is 10.5. The number of aromatic nitrogens is 1. The Kier molecular flexibility index (Phi) is 6.05. The maximum Gasteiger partial charge on any atom is 0.285 e. The maximum absolute atomic E-state index is 12.1. The van der Waals surface area contributed by atoms with E-state index in [1.54, 1.807) is 6.07 Å². The monoisotopic (exact) mass is 343 g/mol. The molecule has 0 aliphatic rings. The number of hydrogen-bond acceptors (Lipinski definition) is 4. The standard InChI is InChI=1S/C18H21N3O4/c1-13-5-6-15(11-14(13)2)18(23)19-9-3-4-10-20-12-16(21(24)25)7-8-17(20)22/h5-8,11-12H,3-4,9-10H2,1-2H3,(H,19,23). The van der Waals surface area contributed by atoms with Crippen LogP contribution in [0.1, 0.15) is 34.3 Å². The number of nitrogens with one attached hydrogen (secondary N) is 1. The molecular weight excluding hydrogens is 322 g/mol. The molecule has 7 heteroatoms. The minimum absolute atomic E-state index is 0.109. The molecule has 1 N–H and O–H groups in total. The SMILES string of the molecule is Cc1ccc(C(=O)NCCCCn2cc([N+](=O)[O-])ccc2=O)cc1C. The lowest BCUT2D eigenvalue weighted by Crippen LogP contribution is -2.25. The molecule has 1 aromatic carbocycles. The van der Waals surface area contributed by atoms with Crippen LogP contribution in [0.15, 0.2) is 41.3 Å². The van der Waals surface area contributed by atoms with Crippen LogP contribution in [0.2, 0.25) is 0 Å². The van der Waals surface area contributed by atoms with Crippen molar-refractivity contribution >= 4 is 11.6 Å². The van der Waals surface area contributed by atoms with Crippen molar-refractivity contribution < 1.29 is 9.72 Å². The molecule has 0 radical (unpaired) electrons. The minimum atomic E-state index is -0.528. The molecule has 0 spiro atoms. The zero-order valence-electron chi connectivity index (χ0n) is 14.3. The average Bonchev–Trinajstić information content (AvgIpc) is 2.58. The molecule has 1 aromatic heterocycles. The second-order valence-electron chi connectivity index (χ2n) is 5.94. The van der Waals surface area contributed by atoms with E-state index in [0.717, 1.165) is 11.1 Å². The number of hydrogen-bond donors (Lipinski definition) is 1. The first-order valence-electron chi connectivity index (χ1n) is 8.09. The first-order chi connectivity index (χ1) is 11.9. The van der Waals surface area contributed by atoms with Crippen LogP contribution in [0.3, 0.4) is 0 Å². The van der Waals surface area contributed by atoms with E-state index in [-0.39, 0.29) is 17.2 Å². The lowest BCUT2D eigenvalue weighted by molar-refractivity contribution is -0.385. The number of amides is 1. The van der Waals surface area contributed by atoms with Crippen molar-refractivity contribution in [3.63, 3.8) is 0 Å². The van der Waals surface area contributed by atoms with Crippen LogP contribution in [0.5, 0.6) is 0 Å². The Labute approximate surface area is 145 Å². The zero-order valence-corrected chi connectivity index (χ0v) is 14.3. The summed E-state index contributed by atoms with van der Waals surface area (Å²) in [5.74, 6) is -0.129. The maximum atomic E-state index is 12.1. The molecule has 0 bridgehead atoms. The van der Waals surface area contributed by atoms with Crippen LogP contribution in [-0.4, -0.2) is 21.9 Å². The predicted octanol–water partition coefficient (Wildman–Crippen LogP) is 2.58. The van der Waals surface area contributed by atoms with Gasteiger partial charge in [0.1, 0.15) is 0 Å².